The van der Waals surface area contributed by atoms with Crippen molar-refractivity contribution in [1.29, 1.82) is 0 Å². The van der Waals surface area contributed by atoms with Gasteiger partial charge in [-0.15, -0.1) is 0 Å². The third-order valence-electron chi connectivity index (χ3n) is 17.4. The number of aliphatic hydroxyl groups excluding tert-OH is 2. The van der Waals surface area contributed by atoms with Crippen molar-refractivity contribution in [2.75, 3.05) is 13.2 Å². The second-order valence-electron chi connectivity index (χ2n) is 25.6. The zero-order chi connectivity index (χ0) is 59.2. The van der Waals surface area contributed by atoms with E-state index in [0.717, 1.165) is 51.4 Å². The number of carbonyl (C=O) groups excluding carboxylic acids is 2. The molecule has 0 saturated heterocycles. The van der Waals surface area contributed by atoms with Gasteiger partial charge in [0.15, 0.2) is 0 Å². The van der Waals surface area contributed by atoms with Gasteiger partial charge in [0.05, 0.1) is 25.4 Å². The number of amides is 1. The van der Waals surface area contributed by atoms with Crippen LogP contribution in [-0.2, 0) is 14.3 Å². The summed E-state index contributed by atoms with van der Waals surface area (Å²) in [7, 11) is 0. The molecule has 0 spiro atoms. The molecular formula is C76H145NO5. The fourth-order valence-corrected chi connectivity index (χ4v) is 11.7. The molecule has 6 heteroatoms. The highest BCUT2D eigenvalue weighted by Crippen LogP contribution is 2.19. The molecule has 0 radical (unpaired) electrons. The van der Waals surface area contributed by atoms with Crippen LogP contribution in [0, 0.1) is 0 Å². The summed E-state index contributed by atoms with van der Waals surface area (Å²) in [5, 5.41) is 23.4. The molecule has 0 aromatic carbocycles. The Balaban J connectivity index is 3.38. The van der Waals surface area contributed by atoms with E-state index in [0.29, 0.717) is 25.9 Å². The number of ether oxygens (including phenoxy) is 1. The Morgan fingerprint density at radius 2 is 0.610 bits per heavy atom. The van der Waals surface area contributed by atoms with Crippen LogP contribution in [0.3, 0.4) is 0 Å². The van der Waals surface area contributed by atoms with Gasteiger partial charge < -0.3 is 20.3 Å². The van der Waals surface area contributed by atoms with Crippen LogP contribution in [0.5, 0.6) is 0 Å². The molecule has 2 unspecified atom stereocenters. The molecule has 484 valence electrons. The number of aliphatic hydroxyl groups is 2. The van der Waals surface area contributed by atoms with E-state index in [1.54, 1.807) is 0 Å². The molecule has 6 nitrogen and oxygen atoms in total. The minimum Gasteiger partial charge on any atom is -0.466 e. The van der Waals surface area contributed by atoms with Crippen LogP contribution < -0.4 is 5.32 Å². The minimum absolute atomic E-state index is 0.00611. The molecule has 0 aliphatic heterocycles. The average Bonchev–Trinajstić information content (AvgIpc) is 3.48. The number of unbranched alkanes of at least 4 members (excludes halogenated alkanes) is 53. The maximum atomic E-state index is 12.5. The lowest BCUT2D eigenvalue weighted by Crippen LogP contribution is -2.45. The first-order valence-corrected chi connectivity index (χ1v) is 37.2. The minimum atomic E-state index is -0.664. The Bertz CT molecular complexity index is 1330. The summed E-state index contributed by atoms with van der Waals surface area (Å²) in [5.74, 6) is -0.0232. The smallest absolute Gasteiger partial charge is 0.305 e. The molecule has 0 aromatic rings. The molecule has 0 aliphatic rings. The number of rotatable bonds is 70. The predicted molar refractivity (Wildman–Crippen MR) is 361 cm³/mol. The van der Waals surface area contributed by atoms with Gasteiger partial charge in [0.2, 0.25) is 5.91 Å². The Labute approximate surface area is 513 Å². The SMILES string of the molecule is CCCCCCC/C=C\CCCCCCCC(=O)OCCCCCCCCCCC/C=C\C/C=C\CCCCCCCCCCCCCCCCCCCC(=O)NC(CO)C(O)CCCCCCCCCCCCCCCCCCCC. The predicted octanol–water partition coefficient (Wildman–Crippen LogP) is 24.3. The highest BCUT2D eigenvalue weighted by atomic mass is 16.5. The Hall–Kier alpha value is -1.92. The second kappa shape index (κ2) is 71.6. The van der Waals surface area contributed by atoms with E-state index in [9.17, 15) is 19.8 Å². The van der Waals surface area contributed by atoms with Crippen molar-refractivity contribution in [3.05, 3.63) is 36.5 Å². The molecule has 0 heterocycles. The molecule has 82 heavy (non-hydrogen) atoms. The van der Waals surface area contributed by atoms with Crippen molar-refractivity contribution in [2.45, 2.75) is 424 Å². The zero-order valence-corrected chi connectivity index (χ0v) is 55.5. The molecule has 0 fully saturated rings. The third kappa shape index (κ3) is 67.2. The van der Waals surface area contributed by atoms with Crippen LogP contribution in [-0.4, -0.2) is 47.4 Å². The molecule has 0 saturated carbocycles. The van der Waals surface area contributed by atoms with Gasteiger partial charge in [-0.2, -0.15) is 0 Å². The highest BCUT2D eigenvalue weighted by molar-refractivity contribution is 5.76. The van der Waals surface area contributed by atoms with Crippen molar-refractivity contribution < 1.29 is 24.5 Å². The van der Waals surface area contributed by atoms with E-state index < -0.39 is 12.1 Å². The molecule has 0 aliphatic carbocycles. The van der Waals surface area contributed by atoms with Gasteiger partial charge in [-0.25, -0.2) is 0 Å². The Morgan fingerprint density at radius 3 is 0.939 bits per heavy atom. The number of esters is 1. The number of hydrogen-bond donors (Lipinski definition) is 3. The summed E-state index contributed by atoms with van der Waals surface area (Å²) in [4.78, 5) is 24.6. The molecule has 3 N–H and O–H groups in total. The standard InChI is InChI=1S/C76H145NO5/c1-3-5-7-9-11-13-15-17-19-20-38-41-44-48-52-56-60-64-68-74(79)73(72-78)77-75(80)69-65-61-57-53-49-45-42-39-36-34-32-30-28-26-24-22-21-23-25-27-29-31-33-35-37-40-43-47-51-55-59-63-67-71-82-76(81)70-66-62-58-54-50-46-18-16-14-12-10-8-6-4-2/h16,18,25,27,31,33,73-74,78-79H,3-15,17,19-24,26,28-30,32,34-72H2,1-2H3,(H,77,80)/b18-16-,27-25-,33-31-. The topological polar surface area (TPSA) is 95.9 Å². The Kier molecular flexibility index (Phi) is 69.9. The third-order valence-corrected chi connectivity index (χ3v) is 17.4. The van der Waals surface area contributed by atoms with Crippen LogP contribution >= 0.6 is 0 Å². The van der Waals surface area contributed by atoms with Gasteiger partial charge in [-0.3, -0.25) is 9.59 Å². The van der Waals surface area contributed by atoms with E-state index in [-0.39, 0.29) is 18.5 Å². The Morgan fingerprint density at radius 1 is 0.341 bits per heavy atom. The van der Waals surface area contributed by atoms with Crippen LogP contribution in [0.25, 0.3) is 0 Å². The zero-order valence-electron chi connectivity index (χ0n) is 55.5. The van der Waals surface area contributed by atoms with Crippen molar-refractivity contribution in [1.82, 2.24) is 5.32 Å². The summed E-state index contributed by atoms with van der Waals surface area (Å²) < 4.78 is 5.48. The summed E-state index contributed by atoms with van der Waals surface area (Å²) in [6.45, 7) is 4.97. The van der Waals surface area contributed by atoms with E-state index in [4.69, 9.17) is 4.74 Å². The normalized spacial score (nSPS) is 12.7. The van der Waals surface area contributed by atoms with Crippen molar-refractivity contribution in [3.63, 3.8) is 0 Å². The van der Waals surface area contributed by atoms with Gasteiger partial charge in [-0.1, -0.05) is 352 Å². The maximum absolute atomic E-state index is 12.5. The van der Waals surface area contributed by atoms with Gasteiger partial charge in [0, 0.05) is 12.8 Å². The van der Waals surface area contributed by atoms with Gasteiger partial charge in [0.1, 0.15) is 0 Å². The van der Waals surface area contributed by atoms with E-state index in [2.05, 4.69) is 55.6 Å². The van der Waals surface area contributed by atoms with Gasteiger partial charge in [-0.05, 0) is 83.5 Å². The quantitative estimate of drug-likeness (QED) is 0.0320. The van der Waals surface area contributed by atoms with Crippen LogP contribution in [0.2, 0.25) is 0 Å². The molecule has 0 aromatic heterocycles. The molecule has 0 bridgehead atoms. The molecular weight excluding hydrogens is 1010 g/mol. The first-order valence-electron chi connectivity index (χ1n) is 37.2. The van der Waals surface area contributed by atoms with Crippen LogP contribution in [0.15, 0.2) is 36.5 Å². The lowest BCUT2D eigenvalue weighted by Gasteiger charge is -2.22. The summed E-state index contributed by atoms with van der Waals surface area (Å²) in [6.07, 6.45) is 92.1. The number of allylic oxidation sites excluding steroid dienone is 6. The fraction of sp³-hybridized carbons (Fsp3) is 0.895. The van der Waals surface area contributed by atoms with Crippen molar-refractivity contribution >= 4 is 11.9 Å². The lowest BCUT2D eigenvalue weighted by atomic mass is 10.0. The van der Waals surface area contributed by atoms with Crippen molar-refractivity contribution in [3.8, 4) is 0 Å². The first-order chi connectivity index (χ1) is 40.5. The van der Waals surface area contributed by atoms with Crippen LogP contribution in [0.4, 0.5) is 0 Å². The number of carbonyl (C=O) groups is 2. The van der Waals surface area contributed by atoms with Gasteiger partial charge >= 0.3 is 5.97 Å². The first kappa shape index (κ1) is 80.1. The summed E-state index contributed by atoms with van der Waals surface area (Å²) >= 11 is 0. The molecule has 0 rings (SSSR count). The monoisotopic (exact) mass is 1150 g/mol. The van der Waals surface area contributed by atoms with E-state index in [1.807, 2.05) is 0 Å². The summed E-state index contributed by atoms with van der Waals surface area (Å²) in [6, 6.07) is -0.541. The largest absolute Gasteiger partial charge is 0.466 e. The number of hydrogen-bond acceptors (Lipinski definition) is 5. The summed E-state index contributed by atoms with van der Waals surface area (Å²) in [5.41, 5.74) is 0. The van der Waals surface area contributed by atoms with Crippen LogP contribution in [0.1, 0.15) is 412 Å². The molecule has 2 atom stereocenters. The molecule has 1 amide bonds. The highest BCUT2D eigenvalue weighted by Gasteiger charge is 2.20. The maximum Gasteiger partial charge on any atom is 0.305 e. The number of nitrogens with one attached hydrogen (secondary N) is 1. The fourth-order valence-electron chi connectivity index (χ4n) is 11.7. The van der Waals surface area contributed by atoms with E-state index in [1.165, 1.54) is 327 Å². The van der Waals surface area contributed by atoms with Gasteiger partial charge in [0.25, 0.3) is 0 Å². The van der Waals surface area contributed by atoms with E-state index >= 15 is 0 Å². The lowest BCUT2D eigenvalue weighted by molar-refractivity contribution is -0.143. The van der Waals surface area contributed by atoms with Crippen molar-refractivity contribution in [2.24, 2.45) is 0 Å². The average molecular weight is 1150 g/mol. The second-order valence-corrected chi connectivity index (χ2v) is 25.6.